The second-order valence-corrected chi connectivity index (χ2v) is 7.74. The normalized spacial score (nSPS) is 18.4. The first-order valence-electron chi connectivity index (χ1n) is 8.35. The van der Waals surface area contributed by atoms with Gasteiger partial charge in [0.15, 0.2) is 5.69 Å². The molecule has 1 amide bonds. The summed E-state index contributed by atoms with van der Waals surface area (Å²) >= 11 is 7.49. The number of likely N-dealkylation sites (tertiary alicyclic amines) is 1. The molecule has 130 valence electrons. The average molecular weight is 375 g/mol. The molecule has 2 aliphatic rings. The van der Waals surface area contributed by atoms with Gasteiger partial charge in [-0.25, -0.2) is 0 Å². The quantitative estimate of drug-likeness (QED) is 0.773. The summed E-state index contributed by atoms with van der Waals surface area (Å²) in [4.78, 5) is 16.8. The molecule has 0 N–H and O–H groups in total. The number of fused-ring (bicyclic) bond motifs is 2. The molecule has 0 aliphatic carbocycles. The summed E-state index contributed by atoms with van der Waals surface area (Å²) in [6.07, 6.45) is 3.79. The summed E-state index contributed by atoms with van der Waals surface area (Å²) in [6, 6.07) is 6.15. The Morgan fingerprint density at radius 3 is 2.88 bits per heavy atom. The fourth-order valence-corrected chi connectivity index (χ4v) is 4.65. The topological polar surface area (TPSA) is 49.3 Å². The van der Waals surface area contributed by atoms with E-state index < -0.39 is 0 Å². The Bertz CT molecular complexity index is 799. The molecule has 0 bridgehead atoms. The van der Waals surface area contributed by atoms with Crippen LogP contribution in [0.15, 0.2) is 36.2 Å². The first-order valence-corrected chi connectivity index (χ1v) is 9.57. The molecular formula is C18H19ClN4OS. The van der Waals surface area contributed by atoms with Crippen molar-refractivity contribution < 1.29 is 4.79 Å². The van der Waals surface area contributed by atoms with Crippen molar-refractivity contribution in [2.24, 2.45) is 0 Å². The van der Waals surface area contributed by atoms with Crippen molar-refractivity contribution in [3.05, 3.63) is 52.5 Å². The van der Waals surface area contributed by atoms with Crippen LogP contribution in [0.4, 0.5) is 5.69 Å². The maximum Gasteiger partial charge on any atom is 0.275 e. The predicted octanol–water partition coefficient (Wildman–Crippen LogP) is 3.37. The minimum Gasteiger partial charge on any atom is -0.367 e. The zero-order chi connectivity index (χ0) is 17.4. The molecule has 1 aromatic carbocycles. The van der Waals surface area contributed by atoms with E-state index in [1.807, 2.05) is 17.0 Å². The number of aromatic nitrogens is 2. The molecule has 2 aliphatic heterocycles. The van der Waals surface area contributed by atoms with Gasteiger partial charge in [-0.3, -0.25) is 4.79 Å². The van der Waals surface area contributed by atoms with E-state index in [9.17, 15) is 4.79 Å². The van der Waals surface area contributed by atoms with Gasteiger partial charge >= 0.3 is 0 Å². The van der Waals surface area contributed by atoms with Gasteiger partial charge in [0.2, 0.25) is 0 Å². The predicted molar refractivity (Wildman–Crippen MR) is 101 cm³/mol. The molecule has 1 aromatic heterocycles. The second kappa shape index (κ2) is 6.42. The Balaban J connectivity index is 1.57. The molecule has 0 saturated carbocycles. The Labute approximate surface area is 156 Å². The van der Waals surface area contributed by atoms with Crippen LogP contribution in [0.5, 0.6) is 0 Å². The van der Waals surface area contributed by atoms with Gasteiger partial charge in [-0.15, -0.1) is 11.7 Å². The zero-order valence-electron chi connectivity index (χ0n) is 13.8. The maximum atomic E-state index is 12.5. The summed E-state index contributed by atoms with van der Waals surface area (Å²) in [5.74, 6) is -0.0177. The van der Waals surface area contributed by atoms with Crippen LogP contribution in [-0.2, 0) is 5.41 Å². The molecule has 2 aromatic rings. The van der Waals surface area contributed by atoms with Crippen LogP contribution in [0.1, 0.15) is 28.9 Å². The summed E-state index contributed by atoms with van der Waals surface area (Å²) in [7, 11) is 0. The fraction of sp³-hybridized carbons (Fsp3) is 0.389. The van der Waals surface area contributed by atoms with Gasteiger partial charge in [-0.2, -0.15) is 0 Å². The number of rotatable bonds is 3. The van der Waals surface area contributed by atoms with Crippen molar-refractivity contribution in [3.63, 3.8) is 0 Å². The molecule has 1 saturated heterocycles. The highest BCUT2D eigenvalue weighted by Crippen LogP contribution is 2.47. The summed E-state index contributed by atoms with van der Waals surface area (Å²) in [5, 5.41) is 6.39. The van der Waals surface area contributed by atoms with E-state index in [4.69, 9.17) is 11.6 Å². The van der Waals surface area contributed by atoms with Crippen LogP contribution in [0.2, 0.25) is 5.02 Å². The maximum absolute atomic E-state index is 12.5. The van der Waals surface area contributed by atoms with Gasteiger partial charge in [0.25, 0.3) is 5.91 Å². The van der Waals surface area contributed by atoms with Gasteiger partial charge in [-0.1, -0.05) is 22.2 Å². The number of carbonyl (C=O) groups excluding carboxylic acids is 1. The van der Waals surface area contributed by atoms with Gasteiger partial charge in [-0.05, 0) is 48.1 Å². The minimum absolute atomic E-state index is 0.0177. The van der Waals surface area contributed by atoms with E-state index in [0.29, 0.717) is 5.69 Å². The zero-order valence-corrected chi connectivity index (χ0v) is 15.4. The van der Waals surface area contributed by atoms with Gasteiger partial charge in [0, 0.05) is 47.7 Å². The Morgan fingerprint density at radius 2 is 2.20 bits per heavy atom. The third-order valence-electron chi connectivity index (χ3n) is 5.30. The molecule has 3 heterocycles. The smallest absolute Gasteiger partial charge is 0.275 e. The summed E-state index contributed by atoms with van der Waals surface area (Å²) in [6.45, 7) is 7.11. The SMILES string of the molecule is C=CCN1CC2(CCN(C(=O)c3csnn3)CC2)c2cc(Cl)ccc21. The number of benzene rings is 1. The Hall–Kier alpha value is -1.92. The molecule has 1 fully saturated rings. The first-order chi connectivity index (χ1) is 12.1. The van der Waals surface area contributed by atoms with Crippen LogP contribution in [0, 0.1) is 0 Å². The van der Waals surface area contributed by atoms with Crippen LogP contribution >= 0.6 is 23.1 Å². The van der Waals surface area contributed by atoms with E-state index in [1.165, 1.54) is 22.8 Å². The number of hydrogen-bond donors (Lipinski definition) is 0. The standard InChI is InChI=1S/C18H19ClN4OS/c1-2-7-23-12-18(14-10-13(19)3-4-16(14)23)5-8-22(9-6-18)17(24)15-11-25-21-20-15/h2-4,10-11H,1,5-9,12H2. The Kier molecular flexibility index (Phi) is 4.25. The summed E-state index contributed by atoms with van der Waals surface area (Å²) < 4.78 is 3.79. The van der Waals surface area contributed by atoms with E-state index in [1.54, 1.807) is 5.38 Å². The molecule has 0 radical (unpaired) electrons. The average Bonchev–Trinajstić information content (AvgIpc) is 3.24. The van der Waals surface area contributed by atoms with Crippen LogP contribution < -0.4 is 4.90 Å². The van der Waals surface area contributed by atoms with Crippen molar-refractivity contribution in [1.29, 1.82) is 0 Å². The van der Waals surface area contributed by atoms with Gasteiger partial charge < -0.3 is 9.80 Å². The van der Waals surface area contributed by atoms with Crippen molar-refractivity contribution in [3.8, 4) is 0 Å². The second-order valence-electron chi connectivity index (χ2n) is 6.69. The highest BCUT2D eigenvalue weighted by atomic mass is 35.5. The lowest BCUT2D eigenvalue weighted by Gasteiger charge is -2.39. The molecular weight excluding hydrogens is 356 g/mol. The molecule has 0 atom stereocenters. The minimum atomic E-state index is -0.0177. The lowest BCUT2D eigenvalue weighted by molar-refractivity contribution is 0.0668. The number of anilines is 1. The van der Waals surface area contributed by atoms with Crippen LogP contribution in [0.3, 0.4) is 0 Å². The highest BCUT2D eigenvalue weighted by molar-refractivity contribution is 7.03. The van der Waals surface area contributed by atoms with Gasteiger partial charge in [0.1, 0.15) is 0 Å². The molecule has 0 unspecified atom stereocenters. The molecule has 25 heavy (non-hydrogen) atoms. The van der Waals surface area contributed by atoms with Crippen molar-refractivity contribution in [2.45, 2.75) is 18.3 Å². The van der Waals surface area contributed by atoms with Crippen LogP contribution in [0.25, 0.3) is 0 Å². The third-order valence-corrected chi connectivity index (χ3v) is 6.04. The number of halogens is 1. The number of carbonyl (C=O) groups is 1. The van der Waals surface area contributed by atoms with Gasteiger partial charge in [0.05, 0.1) is 0 Å². The first kappa shape index (κ1) is 16.5. The van der Waals surface area contributed by atoms with E-state index in [0.717, 1.165) is 44.0 Å². The summed E-state index contributed by atoms with van der Waals surface area (Å²) in [5.41, 5.74) is 3.06. The molecule has 5 nitrogen and oxygen atoms in total. The number of hydrogen-bond acceptors (Lipinski definition) is 5. The third kappa shape index (κ3) is 2.83. The monoisotopic (exact) mass is 374 g/mol. The number of amides is 1. The van der Waals surface area contributed by atoms with E-state index in [-0.39, 0.29) is 11.3 Å². The lowest BCUT2D eigenvalue weighted by Crippen LogP contribution is -2.47. The molecule has 4 rings (SSSR count). The molecule has 7 heteroatoms. The lowest BCUT2D eigenvalue weighted by atomic mass is 9.74. The van der Waals surface area contributed by atoms with E-state index >= 15 is 0 Å². The Morgan fingerprint density at radius 1 is 1.40 bits per heavy atom. The van der Waals surface area contributed by atoms with Crippen molar-refractivity contribution in [1.82, 2.24) is 14.5 Å². The van der Waals surface area contributed by atoms with Crippen LogP contribution in [-0.4, -0.2) is 46.6 Å². The van der Waals surface area contributed by atoms with Crippen molar-refractivity contribution in [2.75, 3.05) is 31.1 Å². The highest BCUT2D eigenvalue weighted by Gasteiger charge is 2.45. The number of nitrogens with zero attached hydrogens (tertiary/aromatic N) is 4. The molecule has 1 spiro atoms. The largest absolute Gasteiger partial charge is 0.367 e. The fourth-order valence-electron chi connectivity index (χ4n) is 4.05. The number of piperidine rings is 1. The van der Waals surface area contributed by atoms with Crippen molar-refractivity contribution >= 4 is 34.7 Å². The van der Waals surface area contributed by atoms with E-state index in [2.05, 4.69) is 33.2 Å².